The van der Waals surface area contributed by atoms with E-state index < -0.39 is 6.23 Å². The quantitative estimate of drug-likeness (QED) is 0.307. The smallest absolute Gasteiger partial charge is 0.225 e. The summed E-state index contributed by atoms with van der Waals surface area (Å²) in [5, 5.41) is 26.8. The van der Waals surface area contributed by atoms with Gasteiger partial charge in [-0.1, -0.05) is 11.6 Å². The number of allylic oxidation sites excluding steroid dienone is 1. The number of nitrogens with zero attached hydrogens (tertiary/aromatic N) is 4. The van der Waals surface area contributed by atoms with E-state index in [9.17, 15) is 5.11 Å². The SMILES string of the molecule is C/C(N)=C/C(=N)Nc1nc(N[C@@H]2C[C@H]3CC[C@@H](C2)N3C(O)CN(C)C)nc2cc(Cl)ccc12. The fourth-order valence-electron chi connectivity index (χ4n) is 5.08. The van der Waals surface area contributed by atoms with Gasteiger partial charge in [0.25, 0.3) is 0 Å². The largest absolute Gasteiger partial charge is 0.402 e. The molecule has 0 amide bonds. The predicted molar refractivity (Wildman–Crippen MR) is 134 cm³/mol. The maximum atomic E-state index is 10.7. The molecule has 2 aromatic rings. The van der Waals surface area contributed by atoms with Crippen LogP contribution in [0.4, 0.5) is 11.8 Å². The summed E-state index contributed by atoms with van der Waals surface area (Å²) < 4.78 is 0. The third-order valence-corrected chi connectivity index (χ3v) is 6.51. The summed E-state index contributed by atoms with van der Waals surface area (Å²) in [6.07, 6.45) is 5.13. The van der Waals surface area contributed by atoms with Crippen LogP contribution in [0.1, 0.15) is 32.6 Å². The molecule has 2 saturated heterocycles. The molecule has 2 fully saturated rings. The lowest BCUT2D eigenvalue weighted by Gasteiger charge is -2.42. The van der Waals surface area contributed by atoms with E-state index in [0.717, 1.165) is 31.1 Å². The van der Waals surface area contributed by atoms with Gasteiger partial charge in [0.2, 0.25) is 5.95 Å². The number of amidine groups is 1. The summed E-state index contributed by atoms with van der Waals surface area (Å²) >= 11 is 6.22. The third-order valence-electron chi connectivity index (χ3n) is 6.28. The number of aliphatic hydroxyl groups is 1. The minimum absolute atomic E-state index is 0.150. The molecule has 0 aliphatic carbocycles. The monoisotopic (exact) mass is 472 g/mol. The number of aromatic nitrogens is 2. The molecular formula is C23H33ClN8O. The van der Waals surface area contributed by atoms with Gasteiger partial charge >= 0.3 is 0 Å². The first-order chi connectivity index (χ1) is 15.7. The summed E-state index contributed by atoms with van der Waals surface area (Å²) in [6, 6.07) is 6.32. The van der Waals surface area contributed by atoms with E-state index in [1.165, 1.54) is 0 Å². The molecule has 2 aliphatic heterocycles. The second-order valence-electron chi connectivity index (χ2n) is 9.37. The second-order valence-corrected chi connectivity index (χ2v) is 9.81. The van der Waals surface area contributed by atoms with Gasteiger partial charge in [-0.05, 0) is 71.0 Å². The van der Waals surface area contributed by atoms with Crippen LogP contribution in [0.2, 0.25) is 5.02 Å². The molecule has 33 heavy (non-hydrogen) atoms. The first-order valence-electron chi connectivity index (χ1n) is 11.3. The van der Waals surface area contributed by atoms with E-state index >= 15 is 0 Å². The van der Waals surface area contributed by atoms with Gasteiger partial charge < -0.3 is 26.4 Å². The number of nitrogens with one attached hydrogen (secondary N) is 3. The number of halogens is 1. The maximum absolute atomic E-state index is 10.7. The van der Waals surface area contributed by atoms with Crippen LogP contribution in [0, 0.1) is 5.41 Å². The highest BCUT2D eigenvalue weighted by atomic mass is 35.5. The highest BCUT2D eigenvalue weighted by Gasteiger charge is 2.43. The Labute approximate surface area is 199 Å². The van der Waals surface area contributed by atoms with Crippen molar-refractivity contribution in [2.75, 3.05) is 31.3 Å². The zero-order valence-electron chi connectivity index (χ0n) is 19.3. The van der Waals surface area contributed by atoms with Gasteiger partial charge in [-0.3, -0.25) is 10.3 Å². The standard InChI is InChI=1S/C23H33ClN8O/c1-13(25)8-20(26)29-22-18-7-4-14(24)9-19(18)28-23(30-22)27-15-10-16-5-6-17(11-15)32(16)21(33)12-31(2)3/h4,7-9,15-17,21,33H,5-6,10-12,25H2,1-3H3,(H3,26,27,28,29,30)/b13-8-/t15-,16-,17+,21?. The Morgan fingerprint density at radius 1 is 1.33 bits per heavy atom. The summed E-state index contributed by atoms with van der Waals surface area (Å²) in [7, 11) is 3.97. The predicted octanol–water partition coefficient (Wildman–Crippen LogP) is 2.82. The van der Waals surface area contributed by atoms with E-state index in [1.807, 2.05) is 25.1 Å². The van der Waals surface area contributed by atoms with E-state index in [0.29, 0.717) is 46.6 Å². The van der Waals surface area contributed by atoms with Crippen LogP contribution in [0.5, 0.6) is 0 Å². The van der Waals surface area contributed by atoms with Gasteiger partial charge in [0, 0.05) is 40.8 Å². The zero-order chi connectivity index (χ0) is 23.7. The Balaban J connectivity index is 1.54. The fourth-order valence-corrected chi connectivity index (χ4v) is 5.24. The lowest BCUT2D eigenvalue weighted by Crippen LogP contribution is -2.54. The molecule has 1 unspecified atom stereocenters. The first-order valence-corrected chi connectivity index (χ1v) is 11.7. The Kier molecular flexibility index (Phi) is 7.04. The van der Waals surface area contributed by atoms with Crippen LogP contribution in [0.3, 0.4) is 0 Å². The summed E-state index contributed by atoms with van der Waals surface area (Å²) in [5.74, 6) is 1.18. The highest BCUT2D eigenvalue weighted by Crippen LogP contribution is 2.38. The fraction of sp³-hybridized carbons (Fsp3) is 0.522. The summed E-state index contributed by atoms with van der Waals surface area (Å²) in [4.78, 5) is 13.7. The normalized spacial score (nSPS) is 24.3. The van der Waals surface area contributed by atoms with Crippen LogP contribution in [0.15, 0.2) is 30.0 Å². The molecule has 4 rings (SSSR count). The highest BCUT2D eigenvalue weighted by molar-refractivity contribution is 6.31. The first kappa shape index (κ1) is 23.7. The molecule has 4 atom stereocenters. The average Bonchev–Trinajstić information content (AvgIpc) is 2.97. The topological polar surface area (TPSA) is 126 Å². The number of likely N-dealkylation sites (N-methyl/N-ethyl adjacent to an activating group) is 1. The summed E-state index contributed by atoms with van der Waals surface area (Å²) in [5.41, 5.74) is 6.95. The molecule has 2 aliphatic rings. The number of aliphatic hydroxyl groups excluding tert-OH is 1. The zero-order valence-corrected chi connectivity index (χ0v) is 20.1. The van der Waals surface area contributed by atoms with Crippen LogP contribution >= 0.6 is 11.6 Å². The third kappa shape index (κ3) is 5.55. The molecule has 1 aromatic carbocycles. The van der Waals surface area contributed by atoms with Gasteiger partial charge in [-0.15, -0.1) is 0 Å². The van der Waals surface area contributed by atoms with Crippen molar-refractivity contribution in [2.45, 2.75) is 57.0 Å². The Hall–Kier alpha value is -2.46. The van der Waals surface area contributed by atoms with Crippen LogP contribution in [0.25, 0.3) is 10.9 Å². The molecule has 6 N–H and O–H groups in total. The van der Waals surface area contributed by atoms with Crippen LogP contribution < -0.4 is 16.4 Å². The summed E-state index contributed by atoms with van der Waals surface area (Å²) in [6.45, 7) is 2.37. The van der Waals surface area contributed by atoms with Gasteiger partial charge in [-0.25, -0.2) is 4.98 Å². The molecule has 0 saturated carbocycles. The van der Waals surface area contributed by atoms with Crippen LogP contribution in [-0.4, -0.2) is 75.7 Å². The second kappa shape index (κ2) is 9.80. The van der Waals surface area contributed by atoms with Crippen molar-refractivity contribution in [1.82, 2.24) is 19.8 Å². The lowest BCUT2D eigenvalue weighted by atomic mass is 9.97. The molecule has 3 heterocycles. The van der Waals surface area contributed by atoms with E-state index in [4.69, 9.17) is 27.7 Å². The Morgan fingerprint density at radius 2 is 2.03 bits per heavy atom. The Morgan fingerprint density at radius 3 is 2.67 bits per heavy atom. The molecule has 10 heteroatoms. The number of hydrogen-bond donors (Lipinski definition) is 5. The van der Waals surface area contributed by atoms with Crippen molar-refractivity contribution in [3.63, 3.8) is 0 Å². The number of piperidine rings is 1. The molecule has 2 bridgehead atoms. The molecule has 0 radical (unpaired) electrons. The van der Waals surface area contributed by atoms with Crippen molar-refractivity contribution < 1.29 is 5.11 Å². The van der Waals surface area contributed by atoms with Crippen molar-refractivity contribution in [2.24, 2.45) is 5.73 Å². The minimum atomic E-state index is -0.446. The average molecular weight is 473 g/mol. The number of fused-ring (bicyclic) bond motifs is 3. The maximum Gasteiger partial charge on any atom is 0.225 e. The van der Waals surface area contributed by atoms with Crippen molar-refractivity contribution in [3.8, 4) is 0 Å². The minimum Gasteiger partial charge on any atom is -0.402 e. The Bertz CT molecular complexity index is 1040. The van der Waals surface area contributed by atoms with Crippen molar-refractivity contribution in [1.29, 1.82) is 5.41 Å². The van der Waals surface area contributed by atoms with Gasteiger partial charge in [-0.2, -0.15) is 4.98 Å². The van der Waals surface area contributed by atoms with Crippen LogP contribution in [-0.2, 0) is 0 Å². The number of benzene rings is 1. The number of rotatable bonds is 7. The van der Waals surface area contributed by atoms with Crippen molar-refractivity contribution >= 4 is 40.1 Å². The molecular weight excluding hydrogens is 440 g/mol. The van der Waals surface area contributed by atoms with E-state index in [-0.39, 0.29) is 11.9 Å². The molecule has 0 spiro atoms. The number of hydrogen-bond acceptors (Lipinski definition) is 8. The van der Waals surface area contributed by atoms with Gasteiger partial charge in [0.05, 0.1) is 5.52 Å². The number of anilines is 2. The van der Waals surface area contributed by atoms with E-state index in [2.05, 4.69) is 20.5 Å². The molecule has 1 aromatic heterocycles. The van der Waals surface area contributed by atoms with Crippen molar-refractivity contribution in [3.05, 3.63) is 35.0 Å². The number of nitrogens with two attached hydrogens (primary N) is 1. The molecule has 178 valence electrons. The molecule has 9 nitrogen and oxygen atoms in total. The van der Waals surface area contributed by atoms with Gasteiger partial charge in [0.15, 0.2) is 0 Å². The van der Waals surface area contributed by atoms with Gasteiger partial charge in [0.1, 0.15) is 17.9 Å². The lowest BCUT2D eigenvalue weighted by molar-refractivity contribution is -0.0592. The van der Waals surface area contributed by atoms with E-state index in [1.54, 1.807) is 25.1 Å².